The first-order valence-electron chi connectivity index (χ1n) is 10.4. The summed E-state index contributed by atoms with van der Waals surface area (Å²) < 4.78 is 46.5. The van der Waals surface area contributed by atoms with Crippen molar-refractivity contribution in [3.63, 3.8) is 0 Å². The smallest absolute Gasteiger partial charge is 0.418 e. The molecule has 13 nitrogen and oxygen atoms in total. The van der Waals surface area contributed by atoms with Gasteiger partial charge in [0.15, 0.2) is 0 Å². The van der Waals surface area contributed by atoms with Crippen LogP contribution in [0.2, 0.25) is 0 Å². The summed E-state index contributed by atoms with van der Waals surface area (Å²) >= 11 is 0. The minimum Gasteiger partial charge on any atom is -0.444 e. The SMILES string of the molecule is CCCN(CCc1nnc(C2CCC3CN2C(=O)N3OS(=O)(=O)O)o1)C(=O)OC(C)(C)C. The summed E-state index contributed by atoms with van der Waals surface area (Å²) in [5.74, 6) is 0.532. The number of hydrogen-bond acceptors (Lipinski definition) is 9. The van der Waals surface area contributed by atoms with E-state index in [0.29, 0.717) is 43.3 Å². The molecule has 3 rings (SSSR count). The van der Waals surface area contributed by atoms with Crippen molar-refractivity contribution in [3.05, 3.63) is 11.8 Å². The summed E-state index contributed by atoms with van der Waals surface area (Å²) in [6.45, 7) is 8.42. The molecule has 2 aliphatic heterocycles. The number of amides is 3. The van der Waals surface area contributed by atoms with E-state index in [2.05, 4.69) is 14.5 Å². The number of hydroxylamine groups is 2. The molecule has 0 radical (unpaired) electrons. The first-order valence-corrected chi connectivity index (χ1v) is 11.8. The van der Waals surface area contributed by atoms with Gasteiger partial charge in [-0.05, 0) is 40.0 Å². The molecule has 2 saturated heterocycles. The predicted octanol–water partition coefficient (Wildman–Crippen LogP) is 1.93. The maximum Gasteiger partial charge on any atom is 0.418 e. The van der Waals surface area contributed by atoms with Gasteiger partial charge in [-0.2, -0.15) is 13.5 Å². The second-order valence-electron chi connectivity index (χ2n) is 8.76. The fraction of sp³-hybridized carbons (Fsp3) is 0.778. The number of rotatable bonds is 8. The van der Waals surface area contributed by atoms with Crippen molar-refractivity contribution in [1.29, 1.82) is 0 Å². The van der Waals surface area contributed by atoms with Crippen LogP contribution in [-0.4, -0.2) is 81.4 Å². The van der Waals surface area contributed by atoms with Gasteiger partial charge in [-0.25, -0.2) is 9.59 Å². The summed E-state index contributed by atoms with van der Waals surface area (Å²) in [5.41, 5.74) is -0.602. The van der Waals surface area contributed by atoms with Gasteiger partial charge in [0.25, 0.3) is 0 Å². The molecule has 0 aromatic carbocycles. The maximum absolute atomic E-state index is 12.5. The van der Waals surface area contributed by atoms with Crippen LogP contribution in [0.5, 0.6) is 0 Å². The molecular weight excluding hydrogens is 446 g/mol. The van der Waals surface area contributed by atoms with E-state index < -0.39 is 40.2 Å². The molecule has 180 valence electrons. The van der Waals surface area contributed by atoms with E-state index in [4.69, 9.17) is 13.7 Å². The van der Waals surface area contributed by atoms with E-state index in [1.807, 2.05) is 6.92 Å². The molecule has 0 saturated carbocycles. The lowest BCUT2D eigenvalue weighted by Crippen LogP contribution is -2.38. The van der Waals surface area contributed by atoms with Crippen LogP contribution in [0, 0.1) is 0 Å². The minimum absolute atomic E-state index is 0.208. The van der Waals surface area contributed by atoms with Crippen molar-refractivity contribution in [2.75, 3.05) is 19.6 Å². The molecule has 2 unspecified atom stereocenters. The molecule has 2 aliphatic rings. The summed E-state index contributed by atoms with van der Waals surface area (Å²) in [7, 11) is -4.81. The molecule has 0 aliphatic carbocycles. The third-order valence-electron chi connectivity index (χ3n) is 5.01. The van der Waals surface area contributed by atoms with Crippen LogP contribution in [0.3, 0.4) is 0 Å². The fourth-order valence-electron chi connectivity index (χ4n) is 3.71. The zero-order chi connectivity index (χ0) is 23.7. The number of nitrogens with zero attached hydrogens (tertiary/aromatic N) is 5. The molecule has 0 spiro atoms. The Hall–Kier alpha value is -2.45. The lowest BCUT2D eigenvalue weighted by atomic mass is 10.0. The lowest BCUT2D eigenvalue weighted by molar-refractivity contribution is -0.0317. The fourth-order valence-corrected chi connectivity index (χ4v) is 4.10. The average Bonchev–Trinajstić information content (AvgIpc) is 3.22. The minimum atomic E-state index is -4.81. The number of carbonyl (C=O) groups excluding carboxylic acids is 2. The third-order valence-corrected chi connectivity index (χ3v) is 5.35. The number of carbonyl (C=O) groups is 2. The van der Waals surface area contributed by atoms with Crippen molar-refractivity contribution >= 4 is 22.5 Å². The molecule has 1 aromatic heterocycles. The molecule has 1 aromatic rings. The number of piperidine rings is 1. The Labute approximate surface area is 186 Å². The second-order valence-corrected chi connectivity index (χ2v) is 9.77. The van der Waals surface area contributed by atoms with E-state index in [9.17, 15) is 18.0 Å². The molecule has 1 N–H and O–H groups in total. The molecule has 2 atom stereocenters. The Kier molecular flexibility index (Phi) is 6.95. The van der Waals surface area contributed by atoms with E-state index in [1.54, 1.807) is 25.7 Å². The van der Waals surface area contributed by atoms with Crippen molar-refractivity contribution in [3.8, 4) is 0 Å². The Morgan fingerprint density at radius 2 is 2.00 bits per heavy atom. The number of ether oxygens (including phenoxy) is 1. The van der Waals surface area contributed by atoms with E-state index in [1.165, 1.54) is 4.90 Å². The topological polar surface area (TPSA) is 156 Å². The maximum atomic E-state index is 12.5. The van der Waals surface area contributed by atoms with Gasteiger partial charge >= 0.3 is 22.5 Å². The standard InChI is InChI=1S/C18H29N5O8S/c1-5-9-21(17(25)30-18(2,3)4)10-8-14-19-20-15(29-14)13-7-6-12-11-22(13)16(24)23(12)31-32(26,27)28/h12-13H,5-11H2,1-4H3,(H,26,27,28). The van der Waals surface area contributed by atoms with Gasteiger partial charge in [0.05, 0.1) is 6.04 Å². The Morgan fingerprint density at radius 3 is 2.62 bits per heavy atom. The average molecular weight is 476 g/mol. The van der Waals surface area contributed by atoms with Gasteiger partial charge in [0.1, 0.15) is 11.6 Å². The molecule has 2 fully saturated rings. The largest absolute Gasteiger partial charge is 0.444 e. The highest BCUT2D eigenvalue weighted by Gasteiger charge is 2.49. The van der Waals surface area contributed by atoms with Crippen molar-refractivity contribution in [2.45, 2.75) is 71.1 Å². The van der Waals surface area contributed by atoms with E-state index >= 15 is 0 Å². The van der Waals surface area contributed by atoms with Gasteiger partial charge in [-0.3, -0.25) is 4.55 Å². The second kappa shape index (κ2) is 9.19. The van der Waals surface area contributed by atoms with Crippen molar-refractivity contribution in [1.82, 2.24) is 25.1 Å². The monoisotopic (exact) mass is 475 g/mol. The lowest BCUT2D eigenvalue weighted by Gasteiger charge is -2.27. The highest BCUT2D eigenvalue weighted by Crippen LogP contribution is 2.38. The van der Waals surface area contributed by atoms with Gasteiger partial charge < -0.3 is 19.0 Å². The Bertz CT molecular complexity index is 943. The van der Waals surface area contributed by atoms with Gasteiger partial charge in [-0.15, -0.1) is 14.5 Å². The first-order chi connectivity index (χ1) is 14.9. The van der Waals surface area contributed by atoms with Crippen LogP contribution in [0.1, 0.15) is 64.8 Å². The zero-order valence-electron chi connectivity index (χ0n) is 18.6. The molecule has 32 heavy (non-hydrogen) atoms. The van der Waals surface area contributed by atoms with Crippen LogP contribution in [0.15, 0.2) is 4.42 Å². The summed E-state index contributed by atoms with van der Waals surface area (Å²) in [4.78, 5) is 27.9. The number of urea groups is 1. The summed E-state index contributed by atoms with van der Waals surface area (Å²) in [6.07, 6.45) is 1.55. The predicted molar refractivity (Wildman–Crippen MR) is 108 cm³/mol. The Morgan fingerprint density at radius 1 is 1.28 bits per heavy atom. The first kappa shape index (κ1) is 24.2. The molecule has 14 heteroatoms. The highest BCUT2D eigenvalue weighted by atomic mass is 32.3. The van der Waals surface area contributed by atoms with E-state index in [0.717, 1.165) is 6.42 Å². The van der Waals surface area contributed by atoms with Gasteiger partial charge in [0.2, 0.25) is 11.8 Å². The third kappa shape index (κ3) is 5.86. The number of aromatic nitrogens is 2. The summed E-state index contributed by atoms with van der Waals surface area (Å²) in [5, 5.41) is 8.74. The van der Waals surface area contributed by atoms with Crippen LogP contribution >= 0.6 is 0 Å². The van der Waals surface area contributed by atoms with Crippen LogP contribution in [0.25, 0.3) is 0 Å². The van der Waals surface area contributed by atoms with Crippen LogP contribution < -0.4 is 0 Å². The highest BCUT2D eigenvalue weighted by molar-refractivity contribution is 7.80. The zero-order valence-corrected chi connectivity index (χ0v) is 19.4. The normalized spacial score (nSPS) is 21.2. The van der Waals surface area contributed by atoms with E-state index in [-0.39, 0.29) is 12.4 Å². The van der Waals surface area contributed by atoms with Crippen LogP contribution in [-0.2, 0) is 25.8 Å². The number of fused-ring (bicyclic) bond motifs is 2. The summed E-state index contributed by atoms with van der Waals surface area (Å²) in [6, 6.07) is -1.74. The molecular formula is C18H29N5O8S. The van der Waals surface area contributed by atoms with Gasteiger partial charge in [0, 0.05) is 26.1 Å². The van der Waals surface area contributed by atoms with Gasteiger partial charge in [-0.1, -0.05) is 6.92 Å². The Balaban J connectivity index is 1.63. The number of hydrogen-bond donors (Lipinski definition) is 1. The van der Waals surface area contributed by atoms with Crippen molar-refractivity contribution < 1.29 is 36.0 Å². The van der Waals surface area contributed by atoms with Crippen LogP contribution in [0.4, 0.5) is 9.59 Å². The van der Waals surface area contributed by atoms with Crippen molar-refractivity contribution in [2.24, 2.45) is 0 Å². The molecule has 3 amide bonds. The quantitative estimate of drug-likeness (QED) is 0.551. The molecule has 3 heterocycles. The molecule has 2 bridgehead atoms.